The Labute approximate surface area is 110 Å². The molecule has 1 aromatic rings. The lowest BCUT2D eigenvalue weighted by Gasteiger charge is -2.32. The molecule has 2 bridgehead atoms. The Hall–Kier alpha value is -0.860. The molecule has 1 aromatic heterocycles. The van der Waals surface area contributed by atoms with Crippen LogP contribution < -0.4 is 10.6 Å². The number of anilines is 2. The third-order valence-electron chi connectivity index (χ3n) is 3.36. The number of sulfone groups is 1. The Bertz CT molecular complexity index is 557. The van der Waals surface area contributed by atoms with Crippen LogP contribution in [0.3, 0.4) is 0 Å². The molecule has 0 amide bonds. The van der Waals surface area contributed by atoms with Crippen molar-refractivity contribution in [1.82, 2.24) is 4.37 Å². The van der Waals surface area contributed by atoms with Crippen molar-refractivity contribution in [3.05, 3.63) is 0 Å². The Morgan fingerprint density at radius 3 is 2.56 bits per heavy atom. The van der Waals surface area contributed by atoms with Crippen molar-refractivity contribution < 1.29 is 13.2 Å². The van der Waals surface area contributed by atoms with Gasteiger partial charge in [-0.1, -0.05) is 0 Å². The molecule has 100 valence electrons. The monoisotopic (exact) mass is 289 g/mol. The fraction of sp³-hybridized carbons (Fsp3) is 0.700. The van der Waals surface area contributed by atoms with E-state index >= 15 is 0 Å². The summed E-state index contributed by atoms with van der Waals surface area (Å²) >= 11 is 1.16. The Kier molecular flexibility index (Phi) is 2.76. The summed E-state index contributed by atoms with van der Waals surface area (Å²) in [6.45, 7) is 1.45. The number of ether oxygens (including phenoxy) is 1. The predicted octanol–water partition coefficient (Wildman–Crippen LogP) is 0.496. The van der Waals surface area contributed by atoms with E-state index in [0.29, 0.717) is 5.00 Å². The zero-order valence-corrected chi connectivity index (χ0v) is 11.6. The molecule has 0 spiro atoms. The maximum atomic E-state index is 11.8. The maximum absolute atomic E-state index is 11.8. The van der Waals surface area contributed by atoms with E-state index in [1.54, 1.807) is 0 Å². The molecule has 3 rings (SSSR count). The van der Waals surface area contributed by atoms with E-state index in [-0.39, 0.29) is 22.9 Å². The van der Waals surface area contributed by atoms with Crippen LogP contribution in [0, 0.1) is 0 Å². The van der Waals surface area contributed by atoms with E-state index in [1.165, 1.54) is 6.26 Å². The second kappa shape index (κ2) is 4.07. The van der Waals surface area contributed by atoms with Crippen LogP contribution in [0.5, 0.6) is 0 Å². The molecule has 2 unspecified atom stereocenters. The minimum absolute atomic E-state index is 0.108. The maximum Gasteiger partial charge on any atom is 0.182 e. The minimum Gasteiger partial charge on any atom is -0.382 e. The molecule has 18 heavy (non-hydrogen) atoms. The van der Waals surface area contributed by atoms with Crippen molar-refractivity contribution in [1.29, 1.82) is 0 Å². The van der Waals surface area contributed by atoms with E-state index in [4.69, 9.17) is 10.5 Å². The lowest BCUT2D eigenvalue weighted by Crippen LogP contribution is -2.42. The smallest absolute Gasteiger partial charge is 0.182 e. The van der Waals surface area contributed by atoms with E-state index < -0.39 is 9.84 Å². The van der Waals surface area contributed by atoms with E-state index in [0.717, 1.165) is 37.5 Å². The third kappa shape index (κ3) is 1.98. The highest BCUT2D eigenvalue weighted by molar-refractivity contribution is 7.91. The summed E-state index contributed by atoms with van der Waals surface area (Å²) < 4.78 is 33.3. The summed E-state index contributed by atoms with van der Waals surface area (Å²) in [4.78, 5) is 2.23. The summed E-state index contributed by atoms with van der Waals surface area (Å²) in [7, 11) is -3.34. The van der Waals surface area contributed by atoms with E-state index in [1.807, 2.05) is 0 Å². The number of hydrogen-bond donors (Lipinski definition) is 1. The van der Waals surface area contributed by atoms with E-state index in [9.17, 15) is 8.42 Å². The van der Waals surface area contributed by atoms with Gasteiger partial charge >= 0.3 is 0 Å². The SMILES string of the molecule is CS(=O)(=O)c1c(N)nsc1N1CC2CCC(C1)O2. The molecule has 2 fully saturated rings. The molecule has 0 radical (unpaired) electrons. The van der Waals surface area contributed by atoms with Gasteiger partial charge in [0.25, 0.3) is 0 Å². The van der Waals surface area contributed by atoms with Crippen LogP contribution in [0.1, 0.15) is 12.8 Å². The third-order valence-corrected chi connectivity index (χ3v) is 5.56. The molecule has 2 aliphatic rings. The molecule has 0 aromatic carbocycles. The van der Waals surface area contributed by atoms with Crippen LogP contribution in [0.2, 0.25) is 0 Å². The van der Waals surface area contributed by atoms with Gasteiger partial charge in [-0.05, 0) is 24.4 Å². The highest BCUT2D eigenvalue weighted by atomic mass is 32.2. The van der Waals surface area contributed by atoms with Crippen LogP contribution in [0.25, 0.3) is 0 Å². The molecule has 8 heteroatoms. The first-order valence-corrected chi connectivity index (χ1v) is 8.47. The first-order chi connectivity index (χ1) is 8.45. The summed E-state index contributed by atoms with van der Waals surface area (Å²) in [5.74, 6) is 0.108. The summed E-state index contributed by atoms with van der Waals surface area (Å²) in [6.07, 6.45) is 3.68. The van der Waals surface area contributed by atoms with Gasteiger partial charge in [-0.15, -0.1) is 0 Å². The van der Waals surface area contributed by atoms with Gasteiger partial charge in [0.05, 0.1) is 12.2 Å². The summed E-state index contributed by atoms with van der Waals surface area (Å²) in [5.41, 5.74) is 5.68. The van der Waals surface area contributed by atoms with Gasteiger partial charge in [0, 0.05) is 19.3 Å². The van der Waals surface area contributed by atoms with Gasteiger partial charge in [0.1, 0.15) is 9.90 Å². The van der Waals surface area contributed by atoms with Gasteiger partial charge in [-0.3, -0.25) is 0 Å². The van der Waals surface area contributed by atoms with Gasteiger partial charge in [0.15, 0.2) is 15.7 Å². The number of hydrogen-bond acceptors (Lipinski definition) is 7. The van der Waals surface area contributed by atoms with Crippen molar-refractivity contribution in [2.24, 2.45) is 0 Å². The van der Waals surface area contributed by atoms with Gasteiger partial charge < -0.3 is 15.4 Å². The average molecular weight is 289 g/mol. The number of aromatic nitrogens is 1. The van der Waals surface area contributed by atoms with Crippen LogP contribution in [0.15, 0.2) is 4.90 Å². The number of rotatable bonds is 2. The second-order valence-corrected chi connectivity index (χ2v) is 7.54. The number of nitrogen functional groups attached to an aromatic ring is 1. The van der Waals surface area contributed by atoms with Crippen LogP contribution in [0.4, 0.5) is 10.8 Å². The Balaban J connectivity index is 1.98. The predicted molar refractivity (Wildman–Crippen MR) is 69.7 cm³/mol. The quantitative estimate of drug-likeness (QED) is 0.853. The fourth-order valence-corrected chi connectivity index (χ4v) is 4.84. The molecule has 0 saturated carbocycles. The molecule has 2 atom stereocenters. The van der Waals surface area contributed by atoms with Gasteiger partial charge in [-0.2, -0.15) is 4.37 Å². The number of nitrogens with zero attached hydrogens (tertiary/aromatic N) is 2. The average Bonchev–Trinajstić information content (AvgIpc) is 2.81. The lowest BCUT2D eigenvalue weighted by atomic mass is 10.2. The molecular formula is C10H15N3O3S2. The highest BCUT2D eigenvalue weighted by Crippen LogP contribution is 2.38. The van der Waals surface area contributed by atoms with Gasteiger partial charge in [0.2, 0.25) is 0 Å². The van der Waals surface area contributed by atoms with Crippen LogP contribution in [-0.2, 0) is 14.6 Å². The molecule has 2 N–H and O–H groups in total. The number of fused-ring (bicyclic) bond motifs is 2. The Morgan fingerprint density at radius 1 is 1.39 bits per heavy atom. The summed E-state index contributed by atoms with van der Waals surface area (Å²) in [5, 5.41) is 0.662. The molecular weight excluding hydrogens is 274 g/mol. The first-order valence-electron chi connectivity index (χ1n) is 5.81. The van der Waals surface area contributed by atoms with Crippen molar-refractivity contribution in [2.75, 3.05) is 30.0 Å². The number of morpholine rings is 1. The van der Waals surface area contributed by atoms with Crippen LogP contribution in [-0.4, -0.2) is 44.3 Å². The molecule has 3 heterocycles. The largest absolute Gasteiger partial charge is 0.382 e. The van der Waals surface area contributed by atoms with Crippen molar-refractivity contribution in [3.8, 4) is 0 Å². The van der Waals surface area contributed by atoms with Crippen molar-refractivity contribution in [3.63, 3.8) is 0 Å². The normalized spacial score (nSPS) is 27.7. The first kappa shape index (κ1) is 12.2. The Morgan fingerprint density at radius 2 is 2.00 bits per heavy atom. The van der Waals surface area contributed by atoms with Crippen molar-refractivity contribution in [2.45, 2.75) is 29.9 Å². The van der Waals surface area contributed by atoms with Crippen molar-refractivity contribution >= 4 is 32.2 Å². The van der Waals surface area contributed by atoms with Gasteiger partial charge in [-0.25, -0.2) is 8.42 Å². The topological polar surface area (TPSA) is 85.5 Å². The lowest BCUT2D eigenvalue weighted by molar-refractivity contribution is 0.0306. The minimum atomic E-state index is -3.34. The zero-order valence-electron chi connectivity index (χ0n) is 10.00. The molecule has 0 aliphatic carbocycles. The summed E-state index contributed by atoms with van der Waals surface area (Å²) in [6, 6.07) is 0. The number of nitrogens with two attached hydrogens (primary N) is 1. The molecule has 2 aliphatic heterocycles. The molecule has 2 saturated heterocycles. The fourth-order valence-electron chi connectivity index (χ4n) is 2.62. The van der Waals surface area contributed by atoms with E-state index in [2.05, 4.69) is 9.27 Å². The highest BCUT2D eigenvalue weighted by Gasteiger charge is 2.36. The standard InChI is InChI=1S/C10H15N3O3S2/c1-18(14,15)8-9(11)12-17-10(8)13-4-6-2-3-7(5-13)16-6/h6-7H,2-5H2,1H3,(H2,11,12). The second-order valence-electron chi connectivity index (χ2n) is 4.84. The van der Waals surface area contributed by atoms with Crippen LogP contribution >= 0.6 is 11.5 Å². The zero-order chi connectivity index (χ0) is 12.9. The molecule has 6 nitrogen and oxygen atoms in total.